The lowest BCUT2D eigenvalue weighted by molar-refractivity contribution is 0.0601. The number of nitrogens with zero attached hydrogens (tertiary/aromatic N) is 1. The number of methoxy groups -OCH3 is 1. The van der Waals surface area contributed by atoms with Gasteiger partial charge in [-0.15, -0.1) is 0 Å². The van der Waals surface area contributed by atoms with Crippen LogP contribution in [-0.2, 0) is 4.74 Å². The molecule has 4 nitrogen and oxygen atoms in total. The number of nitrogen functional groups attached to an aromatic ring is 1. The Hall–Kier alpha value is -2.50. The standard InChI is InChI=1S/C13H10F2N2O2/c1-19-13(18)10-5-12(16)17-6-11(10)7-2-8(14)4-9(15)3-7/h2-6H,1H3,(H2,16,17). The van der Waals surface area contributed by atoms with Gasteiger partial charge in [0.2, 0.25) is 0 Å². The Labute approximate surface area is 107 Å². The summed E-state index contributed by atoms with van der Waals surface area (Å²) in [6.07, 6.45) is 1.27. The van der Waals surface area contributed by atoms with Crippen molar-refractivity contribution in [3.8, 4) is 11.1 Å². The summed E-state index contributed by atoms with van der Waals surface area (Å²) in [6.45, 7) is 0. The van der Waals surface area contributed by atoms with Gasteiger partial charge in [0.25, 0.3) is 0 Å². The zero-order valence-corrected chi connectivity index (χ0v) is 9.98. The zero-order valence-electron chi connectivity index (χ0n) is 9.98. The zero-order chi connectivity index (χ0) is 14.0. The van der Waals surface area contributed by atoms with Crippen LogP contribution in [0.4, 0.5) is 14.6 Å². The minimum Gasteiger partial charge on any atom is -0.465 e. The second kappa shape index (κ2) is 5.01. The molecule has 1 aromatic heterocycles. The van der Waals surface area contributed by atoms with E-state index >= 15 is 0 Å². The highest BCUT2D eigenvalue weighted by molar-refractivity contribution is 5.97. The summed E-state index contributed by atoms with van der Waals surface area (Å²) in [6, 6.07) is 4.24. The number of halogens is 2. The van der Waals surface area contributed by atoms with Crippen molar-refractivity contribution in [2.45, 2.75) is 0 Å². The van der Waals surface area contributed by atoms with Crippen LogP contribution >= 0.6 is 0 Å². The Morgan fingerprint density at radius 1 is 1.21 bits per heavy atom. The fourth-order valence-electron chi connectivity index (χ4n) is 1.69. The van der Waals surface area contributed by atoms with Crippen LogP contribution in [0.5, 0.6) is 0 Å². The summed E-state index contributed by atoms with van der Waals surface area (Å²) in [4.78, 5) is 15.5. The van der Waals surface area contributed by atoms with E-state index in [0.29, 0.717) is 0 Å². The van der Waals surface area contributed by atoms with E-state index < -0.39 is 17.6 Å². The molecule has 0 saturated heterocycles. The van der Waals surface area contributed by atoms with E-state index in [1.165, 1.54) is 19.4 Å². The van der Waals surface area contributed by atoms with Crippen molar-refractivity contribution in [3.63, 3.8) is 0 Å². The Bertz CT molecular complexity index is 624. The molecule has 2 N–H and O–H groups in total. The normalized spacial score (nSPS) is 10.3. The Balaban J connectivity index is 2.64. The maximum absolute atomic E-state index is 13.2. The molecular weight excluding hydrogens is 254 g/mol. The van der Waals surface area contributed by atoms with Gasteiger partial charge in [-0.1, -0.05) is 0 Å². The van der Waals surface area contributed by atoms with Crippen LogP contribution in [0.25, 0.3) is 11.1 Å². The first kappa shape index (κ1) is 12.9. The summed E-state index contributed by atoms with van der Waals surface area (Å²) < 4.78 is 31.0. The first-order valence-corrected chi connectivity index (χ1v) is 5.31. The highest BCUT2D eigenvalue weighted by atomic mass is 19.1. The molecule has 0 bridgehead atoms. The van der Waals surface area contributed by atoms with Gasteiger partial charge < -0.3 is 10.5 Å². The summed E-state index contributed by atoms with van der Waals surface area (Å²) in [5.74, 6) is -2.04. The maximum Gasteiger partial charge on any atom is 0.338 e. The molecule has 0 unspecified atom stereocenters. The lowest BCUT2D eigenvalue weighted by Gasteiger charge is -2.08. The second-order valence-electron chi connectivity index (χ2n) is 3.80. The van der Waals surface area contributed by atoms with Gasteiger partial charge in [-0.2, -0.15) is 0 Å². The molecule has 0 atom stereocenters. The average molecular weight is 264 g/mol. The molecule has 0 spiro atoms. The van der Waals surface area contributed by atoms with Crippen molar-refractivity contribution in [2.75, 3.05) is 12.8 Å². The Morgan fingerprint density at radius 3 is 2.42 bits per heavy atom. The van der Waals surface area contributed by atoms with Crippen molar-refractivity contribution in [1.82, 2.24) is 4.98 Å². The van der Waals surface area contributed by atoms with Crippen molar-refractivity contribution in [3.05, 3.63) is 47.7 Å². The number of hydrogen-bond acceptors (Lipinski definition) is 4. The third-order valence-corrected chi connectivity index (χ3v) is 2.50. The molecule has 0 aliphatic carbocycles. The van der Waals surface area contributed by atoms with Gasteiger partial charge >= 0.3 is 5.97 Å². The van der Waals surface area contributed by atoms with Crippen LogP contribution in [0.3, 0.4) is 0 Å². The Morgan fingerprint density at radius 2 is 1.84 bits per heavy atom. The molecule has 19 heavy (non-hydrogen) atoms. The highest BCUT2D eigenvalue weighted by Crippen LogP contribution is 2.26. The summed E-state index contributed by atoms with van der Waals surface area (Å²) in [5.41, 5.74) is 6.02. The Kier molecular flexibility index (Phi) is 3.41. The van der Waals surface area contributed by atoms with Gasteiger partial charge in [0.15, 0.2) is 0 Å². The van der Waals surface area contributed by atoms with Crippen LogP contribution in [0.1, 0.15) is 10.4 Å². The first-order valence-electron chi connectivity index (χ1n) is 5.31. The second-order valence-corrected chi connectivity index (χ2v) is 3.80. The molecule has 0 saturated carbocycles. The van der Waals surface area contributed by atoms with Gasteiger partial charge in [0.05, 0.1) is 12.7 Å². The number of hydrogen-bond donors (Lipinski definition) is 1. The van der Waals surface area contributed by atoms with Gasteiger partial charge in [-0.3, -0.25) is 0 Å². The third-order valence-electron chi connectivity index (χ3n) is 2.50. The quantitative estimate of drug-likeness (QED) is 0.846. The van der Waals surface area contributed by atoms with E-state index in [1.807, 2.05) is 0 Å². The number of rotatable bonds is 2. The van der Waals surface area contributed by atoms with Crippen LogP contribution in [0, 0.1) is 11.6 Å². The molecule has 2 aromatic rings. The molecule has 0 fully saturated rings. The molecule has 98 valence electrons. The number of carbonyl (C=O) groups excluding carboxylic acids is 1. The SMILES string of the molecule is COC(=O)c1cc(N)ncc1-c1cc(F)cc(F)c1. The van der Waals surface area contributed by atoms with Crippen LogP contribution < -0.4 is 5.73 Å². The van der Waals surface area contributed by atoms with Crippen molar-refractivity contribution >= 4 is 11.8 Å². The predicted octanol–water partition coefficient (Wildman–Crippen LogP) is 2.40. The number of nitrogens with two attached hydrogens (primary N) is 1. The van der Waals surface area contributed by atoms with Gasteiger partial charge in [0.1, 0.15) is 17.5 Å². The van der Waals surface area contributed by atoms with Crippen molar-refractivity contribution in [1.29, 1.82) is 0 Å². The number of pyridine rings is 1. The molecule has 0 aliphatic rings. The topological polar surface area (TPSA) is 65.2 Å². The van der Waals surface area contributed by atoms with Gasteiger partial charge in [-0.25, -0.2) is 18.6 Å². The highest BCUT2D eigenvalue weighted by Gasteiger charge is 2.15. The number of benzene rings is 1. The molecular formula is C13H10F2N2O2. The van der Waals surface area contributed by atoms with Crippen LogP contribution in [0.15, 0.2) is 30.5 Å². The van der Waals surface area contributed by atoms with Gasteiger partial charge in [-0.05, 0) is 23.8 Å². The maximum atomic E-state index is 13.2. The molecule has 1 aromatic carbocycles. The number of carbonyl (C=O) groups is 1. The largest absolute Gasteiger partial charge is 0.465 e. The van der Waals surface area contributed by atoms with Crippen molar-refractivity contribution < 1.29 is 18.3 Å². The first-order chi connectivity index (χ1) is 9.01. The predicted molar refractivity (Wildman–Crippen MR) is 65.3 cm³/mol. The summed E-state index contributed by atoms with van der Waals surface area (Å²) >= 11 is 0. The van der Waals surface area contributed by atoms with E-state index in [-0.39, 0.29) is 22.5 Å². The summed E-state index contributed by atoms with van der Waals surface area (Å²) in [7, 11) is 1.20. The summed E-state index contributed by atoms with van der Waals surface area (Å²) in [5, 5.41) is 0. The van der Waals surface area contributed by atoms with Crippen LogP contribution in [0.2, 0.25) is 0 Å². The minimum absolute atomic E-state index is 0.0972. The number of ether oxygens (including phenoxy) is 1. The lowest BCUT2D eigenvalue weighted by Crippen LogP contribution is -2.06. The number of esters is 1. The molecule has 6 heteroatoms. The van der Waals surface area contributed by atoms with E-state index in [0.717, 1.165) is 18.2 Å². The molecule has 0 amide bonds. The lowest BCUT2D eigenvalue weighted by atomic mass is 10.0. The number of aromatic nitrogens is 1. The molecule has 1 heterocycles. The molecule has 2 rings (SSSR count). The fraction of sp³-hybridized carbons (Fsp3) is 0.0769. The van der Waals surface area contributed by atoms with E-state index in [4.69, 9.17) is 5.73 Å². The number of anilines is 1. The fourth-order valence-corrected chi connectivity index (χ4v) is 1.69. The third kappa shape index (κ3) is 2.67. The molecule has 0 radical (unpaired) electrons. The van der Waals surface area contributed by atoms with E-state index in [2.05, 4.69) is 9.72 Å². The van der Waals surface area contributed by atoms with Crippen LogP contribution in [-0.4, -0.2) is 18.1 Å². The van der Waals surface area contributed by atoms with Gasteiger partial charge in [0, 0.05) is 17.8 Å². The molecule has 0 aliphatic heterocycles. The van der Waals surface area contributed by atoms with E-state index in [1.54, 1.807) is 0 Å². The van der Waals surface area contributed by atoms with E-state index in [9.17, 15) is 13.6 Å². The van der Waals surface area contributed by atoms with Crippen molar-refractivity contribution in [2.24, 2.45) is 0 Å². The minimum atomic E-state index is -0.748. The average Bonchev–Trinajstić information content (AvgIpc) is 2.36. The smallest absolute Gasteiger partial charge is 0.338 e. The monoisotopic (exact) mass is 264 g/mol.